The summed E-state index contributed by atoms with van der Waals surface area (Å²) in [5.74, 6) is 5.09. The second-order valence-corrected chi connectivity index (χ2v) is 4.34. The van der Waals surface area contributed by atoms with Crippen LogP contribution in [0.3, 0.4) is 0 Å². The number of nitrogens with one attached hydrogen (secondary N) is 1. The first-order chi connectivity index (χ1) is 9.56. The number of carbonyl (C=O) groups excluding carboxylic acids is 1. The number of nitrogens with zero attached hydrogens (tertiary/aromatic N) is 2. The van der Waals surface area contributed by atoms with Gasteiger partial charge in [0, 0.05) is 19.2 Å². The molecule has 7 heteroatoms. The van der Waals surface area contributed by atoms with Gasteiger partial charge in [-0.3, -0.25) is 20.8 Å². The molecule has 1 aromatic rings. The number of nitrogen functional groups attached to an aromatic ring is 1. The standard InChI is InChI=1S/C13H20N4O3/c1-3-5-9-16(4-2)13(18)10-7-6-8-11(17(19)20)12(10)15-14/h6-8,15H,3-5,9,14H2,1-2H3. The number of hydrogen-bond donors (Lipinski definition) is 2. The van der Waals surface area contributed by atoms with Gasteiger partial charge in [0.1, 0.15) is 5.69 Å². The molecule has 0 fully saturated rings. The molecule has 110 valence electrons. The highest BCUT2D eigenvalue weighted by molar-refractivity contribution is 6.01. The van der Waals surface area contributed by atoms with Gasteiger partial charge in [0.25, 0.3) is 11.6 Å². The minimum absolute atomic E-state index is 0.0532. The van der Waals surface area contributed by atoms with Crippen molar-refractivity contribution >= 4 is 17.3 Å². The lowest BCUT2D eigenvalue weighted by Crippen LogP contribution is -2.32. The highest BCUT2D eigenvalue weighted by Crippen LogP contribution is 2.28. The largest absolute Gasteiger partial charge is 0.339 e. The predicted molar refractivity (Wildman–Crippen MR) is 77.4 cm³/mol. The first-order valence-electron chi connectivity index (χ1n) is 6.60. The summed E-state index contributed by atoms with van der Waals surface area (Å²) in [6, 6.07) is 4.34. The van der Waals surface area contributed by atoms with Crippen molar-refractivity contribution in [2.24, 2.45) is 5.84 Å². The second-order valence-electron chi connectivity index (χ2n) is 4.34. The van der Waals surface area contributed by atoms with E-state index in [-0.39, 0.29) is 22.8 Å². The maximum atomic E-state index is 12.4. The molecule has 1 amide bonds. The Morgan fingerprint density at radius 1 is 1.45 bits per heavy atom. The van der Waals surface area contributed by atoms with Crippen LogP contribution in [0.25, 0.3) is 0 Å². The molecule has 0 unspecified atom stereocenters. The maximum Gasteiger partial charge on any atom is 0.294 e. The molecule has 0 aliphatic heterocycles. The Hall–Kier alpha value is -2.15. The zero-order chi connectivity index (χ0) is 15.1. The van der Waals surface area contributed by atoms with Gasteiger partial charge in [-0.25, -0.2) is 0 Å². The molecule has 0 radical (unpaired) electrons. The van der Waals surface area contributed by atoms with E-state index in [1.54, 1.807) is 11.0 Å². The van der Waals surface area contributed by atoms with Crippen LogP contribution in [0, 0.1) is 10.1 Å². The molecule has 20 heavy (non-hydrogen) atoms. The summed E-state index contributed by atoms with van der Waals surface area (Å²) in [4.78, 5) is 24.5. The lowest BCUT2D eigenvalue weighted by atomic mass is 10.1. The number of anilines is 1. The number of carbonyl (C=O) groups is 1. The SMILES string of the molecule is CCCCN(CC)C(=O)c1cccc([N+](=O)[O-])c1NN. The molecule has 0 spiro atoms. The first kappa shape index (κ1) is 15.9. The molecule has 0 aromatic heterocycles. The van der Waals surface area contributed by atoms with E-state index in [9.17, 15) is 14.9 Å². The van der Waals surface area contributed by atoms with Crippen LogP contribution in [0.5, 0.6) is 0 Å². The van der Waals surface area contributed by atoms with Gasteiger partial charge in [0.2, 0.25) is 0 Å². The number of hydrogen-bond acceptors (Lipinski definition) is 5. The van der Waals surface area contributed by atoms with Crippen molar-refractivity contribution in [1.29, 1.82) is 0 Å². The van der Waals surface area contributed by atoms with Gasteiger partial charge in [0.05, 0.1) is 10.5 Å². The quantitative estimate of drug-likeness (QED) is 0.452. The fourth-order valence-corrected chi connectivity index (χ4v) is 1.94. The van der Waals surface area contributed by atoms with E-state index >= 15 is 0 Å². The maximum absolute atomic E-state index is 12.4. The zero-order valence-corrected chi connectivity index (χ0v) is 11.8. The third-order valence-electron chi connectivity index (χ3n) is 3.06. The molecule has 1 aromatic carbocycles. The van der Waals surface area contributed by atoms with Crippen LogP contribution in [-0.4, -0.2) is 28.8 Å². The summed E-state index contributed by atoms with van der Waals surface area (Å²) in [5.41, 5.74) is 2.34. The summed E-state index contributed by atoms with van der Waals surface area (Å²) in [7, 11) is 0. The van der Waals surface area contributed by atoms with Crippen LogP contribution < -0.4 is 11.3 Å². The molecule has 0 saturated heterocycles. The van der Waals surface area contributed by atoms with Gasteiger partial charge in [0.15, 0.2) is 0 Å². The fraction of sp³-hybridized carbons (Fsp3) is 0.462. The highest BCUT2D eigenvalue weighted by Gasteiger charge is 2.23. The predicted octanol–water partition coefficient (Wildman–Crippen LogP) is 2.14. The van der Waals surface area contributed by atoms with Gasteiger partial charge >= 0.3 is 0 Å². The zero-order valence-electron chi connectivity index (χ0n) is 11.8. The van der Waals surface area contributed by atoms with Crippen molar-refractivity contribution in [3.05, 3.63) is 33.9 Å². The van der Waals surface area contributed by atoms with Crippen molar-refractivity contribution in [3.8, 4) is 0 Å². The molecular formula is C13H20N4O3. The van der Waals surface area contributed by atoms with E-state index in [0.29, 0.717) is 13.1 Å². The van der Waals surface area contributed by atoms with Crippen molar-refractivity contribution < 1.29 is 9.72 Å². The number of unbranched alkanes of at least 4 members (excludes halogenated alkanes) is 1. The average Bonchev–Trinajstić information content (AvgIpc) is 2.46. The van der Waals surface area contributed by atoms with Crippen LogP contribution in [0.1, 0.15) is 37.0 Å². The summed E-state index contributed by atoms with van der Waals surface area (Å²) >= 11 is 0. The number of para-hydroxylation sites is 1. The summed E-state index contributed by atoms with van der Waals surface area (Å²) in [6.07, 6.45) is 1.86. The molecule has 7 nitrogen and oxygen atoms in total. The van der Waals surface area contributed by atoms with Gasteiger partial charge in [-0.1, -0.05) is 19.4 Å². The lowest BCUT2D eigenvalue weighted by molar-refractivity contribution is -0.384. The van der Waals surface area contributed by atoms with Crippen LogP contribution in [0.2, 0.25) is 0 Å². The number of nitrogens with two attached hydrogens (primary N) is 1. The number of nitro groups is 1. The van der Waals surface area contributed by atoms with Gasteiger partial charge in [-0.15, -0.1) is 0 Å². The third-order valence-corrected chi connectivity index (χ3v) is 3.06. The number of benzene rings is 1. The Bertz CT molecular complexity index is 491. The monoisotopic (exact) mass is 280 g/mol. The minimum Gasteiger partial charge on any atom is -0.339 e. The van der Waals surface area contributed by atoms with Gasteiger partial charge in [-0.2, -0.15) is 0 Å². The molecule has 0 atom stereocenters. The Balaban J connectivity index is 3.14. The van der Waals surface area contributed by atoms with E-state index in [1.807, 2.05) is 13.8 Å². The highest BCUT2D eigenvalue weighted by atomic mass is 16.6. The second kappa shape index (κ2) is 7.44. The van der Waals surface area contributed by atoms with E-state index < -0.39 is 4.92 Å². The molecule has 0 aliphatic rings. The topological polar surface area (TPSA) is 102 Å². The molecule has 0 bridgehead atoms. The van der Waals surface area contributed by atoms with Crippen LogP contribution in [0.15, 0.2) is 18.2 Å². The van der Waals surface area contributed by atoms with Gasteiger partial charge in [-0.05, 0) is 19.4 Å². The Morgan fingerprint density at radius 2 is 2.15 bits per heavy atom. The smallest absolute Gasteiger partial charge is 0.294 e. The molecule has 3 N–H and O–H groups in total. The minimum atomic E-state index is -0.561. The first-order valence-corrected chi connectivity index (χ1v) is 6.60. The summed E-state index contributed by atoms with van der Waals surface area (Å²) in [5, 5.41) is 11.0. The number of nitro benzene ring substituents is 1. The van der Waals surface area contributed by atoms with Crippen molar-refractivity contribution in [1.82, 2.24) is 4.90 Å². The van der Waals surface area contributed by atoms with Crippen molar-refractivity contribution in [3.63, 3.8) is 0 Å². The van der Waals surface area contributed by atoms with Crippen LogP contribution in [0.4, 0.5) is 11.4 Å². The Morgan fingerprint density at radius 3 is 2.65 bits per heavy atom. The molecular weight excluding hydrogens is 260 g/mol. The van der Waals surface area contributed by atoms with E-state index in [2.05, 4.69) is 5.43 Å². The van der Waals surface area contributed by atoms with Crippen LogP contribution >= 0.6 is 0 Å². The van der Waals surface area contributed by atoms with Gasteiger partial charge < -0.3 is 10.3 Å². The van der Waals surface area contributed by atoms with E-state index in [1.165, 1.54) is 12.1 Å². The Labute approximate surface area is 117 Å². The van der Waals surface area contributed by atoms with Crippen molar-refractivity contribution in [2.45, 2.75) is 26.7 Å². The molecule has 0 aliphatic carbocycles. The molecule has 1 rings (SSSR count). The third kappa shape index (κ3) is 3.45. The van der Waals surface area contributed by atoms with E-state index in [0.717, 1.165) is 12.8 Å². The molecule has 0 saturated carbocycles. The normalized spacial score (nSPS) is 10.2. The number of hydrazine groups is 1. The molecule has 0 heterocycles. The fourth-order valence-electron chi connectivity index (χ4n) is 1.94. The Kier molecular flexibility index (Phi) is 5.92. The van der Waals surface area contributed by atoms with Crippen LogP contribution in [-0.2, 0) is 0 Å². The lowest BCUT2D eigenvalue weighted by Gasteiger charge is -2.21. The van der Waals surface area contributed by atoms with E-state index in [4.69, 9.17) is 5.84 Å². The summed E-state index contributed by atoms with van der Waals surface area (Å²) < 4.78 is 0. The average molecular weight is 280 g/mol. The number of rotatable bonds is 7. The van der Waals surface area contributed by atoms with Crippen molar-refractivity contribution in [2.75, 3.05) is 18.5 Å². The summed E-state index contributed by atoms with van der Waals surface area (Å²) in [6.45, 7) is 5.09. The number of amides is 1.